The van der Waals surface area contributed by atoms with E-state index in [1.54, 1.807) is 0 Å². The summed E-state index contributed by atoms with van der Waals surface area (Å²) in [6.07, 6.45) is 2.65. The summed E-state index contributed by atoms with van der Waals surface area (Å²) in [5.41, 5.74) is 5.87. The summed E-state index contributed by atoms with van der Waals surface area (Å²) >= 11 is 2.09. The maximum Gasteiger partial charge on any atom is 0.191 e. The summed E-state index contributed by atoms with van der Waals surface area (Å²) in [4.78, 5) is 6.63. The largest absolute Gasteiger partial charge is 0.370 e. The number of aliphatic imine (C=N–C) groups is 1. The van der Waals surface area contributed by atoms with Crippen molar-refractivity contribution in [1.82, 2.24) is 4.90 Å². The number of hydrogen-bond donors (Lipinski definition) is 1. The summed E-state index contributed by atoms with van der Waals surface area (Å²) in [6, 6.07) is 0.528. The molecule has 0 aromatic heterocycles. The molecule has 0 aromatic carbocycles. The molecular weight excluding hydrogens is 194 g/mol. The summed E-state index contributed by atoms with van der Waals surface area (Å²) in [5.74, 6) is 2.04. The molecule has 0 aromatic rings. The number of rotatable bonds is 2. The van der Waals surface area contributed by atoms with Crippen molar-refractivity contribution in [1.29, 1.82) is 0 Å². The van der Waals surface area contributed by atoms with Crippen molar-refractivity contribution in [3.63, 3.8) is 0 Å². The third kappa shape index (κ3) is 1.49. The quantitative estimate of drug-likeness (QED) is 0.751. The van der Waals surface area contributed by atoms with Gasteiger partial charge in [0.05, 0.1) is 12.6 Å². The highest BCUT2D eigenvalue weighted by Gasteiger charge is 2.43. The number of thioether (sulfide) groups is 1. The molecule has 4 heteroatoms. The minimum Gasteiger partial charge on any atom is -0.370 e. The first-order valence-corrected chi connectivity index (χ1v) is 6.36. The summed E-state index contributed by atoms with van der Waals surface area (Å²) in [6.45, 7) is 6.40. The lowest BCUT2D eigenvalue weighted by atomic mass is 9.95. The van der Waals surface area contributed by atoms with Crippen LogP contribution in [-0.2, 0) is 0 Å². The topological polar surface area (TPSA) is 41.6 Å². The Morgan fingerprint density at radius 2 is 2.50 bits per heavy atom. The lowest BCUT2D eigenvalue weighted by Gasteiger charge is -2.37. The molecule has 0 aliphatic carbocycles. The second-order valence-corrected chi connectivity index (χ2v) is 5.89. The lowest BCUT2D eigenvalue weighted by Crippen LogP contribution is -2.50. The average Bonchev–Trinajstić information content (AvgIpc) is 2.73. The van der Waals surface area contributed by atoms with Gasteiger partial charge in [-0.3, -0.25) is 4.99 Å². The van der Waals surface area contributed by atoms with Crippen LogP contribution in [0.4, 0.5) is 0 Å². The molecule has 2 atom stereocenters. The van der Waals surface area contributed by atoms with Crippen LogP contribution in [0.15, 0.2) is 4.99 Å². The molecule has 2 rings (SSSR count). The Morgan fingerprint density at radius 1 is 1.71 bits per heavy atom. The highest BCUT2D eigenvalue weighted by atomic mass is 32.2. The molecule has 3 nitrogen and oxygen atoms in total. The fraction of sp³-hybridized carbons (Fsp3) is 0.900. The molecule has 1 fully saturated rings. The van der Waals surface area contributed by atoms with Gasteiger partial charge in [0.1, 0.15) is 0 Å². The van der Waals surface area contributed by atoms with E-state index in [0.717, 1.165) is 19.0 Å². The van der Waals surface area contributed by atoms with E-state index in [-0.39, 0.29) is 0 Å². The zero-order chi connectivity index (χ0) is 10.2. The van der Waals surface area contributed by atoms with Gasteiger partial charge >= 0.3 is 0 Å². The standard InChI is InChI=1S/C10H19N3S/c1-3-13-8(7-12-9(13)11)10(2)5-4-6-14-10/h8H,3-7H2,1-2H3,(H2,11,12). The van der Waals surface area contributed by atoms with Crippen molar-refractivity contribution in [2.24, 2.45) is 10.7 Å². The van der Waals surface area contributed by atoms with Crippen LogP contribution in [0.1, 0.15) is 26.7 Å². The van der Waals surface area contributed by atoms with Gasteiger partial charge in [-0.25, -0.2) is 0 Å². The molecule has 2 N–H and O–H groups in total. The SMILES string of the molecule is CCN1C(N)=NCC1C1(C)CCCS1. The molecule has 1 saturated heterocycles. The third-order valence-corrected chi connectivity index (χ3v) is 5.02. The predicted octanol–water partition coefficient (Wildman–Crippen LogP) is 1.29. The van der Waals surface area contributed by atoms with Crippen LogP contribution in [0.25, 0.3) is 0 Å². The maximum atomic E-state index is 5.87. The van der Waals surface area contributed by atoms with Gasteiger partial charge in [-0.15, -0.1) is 0 Å². The Balaban J connectivity index is 2.12. The van der Waals surface area contributed by atoms with Crippen molar-refractivity contribution in [2.75, 3.05) is 18.8 Å². The Morgan fingerprint density at radius 3 is 3.07 bits per heavy atom. The number of nitrogens with two attached hydrogens (primary N) is 1. The maximum absolute atomic E-state index is 5.87. The molecule has 2 aliphatic rings. The summed E-state index contributed by atoms with van der Waals surface area (Å²) in [7, 11) is 0. The molecule has 0 saturated carbocycles. The van der Waals surface area contributed by atoms with Gasteiger partial charge in [0.2, 0.25) is 0 Å². The van der Waals surface area contributed by atoms with Gasteiger partial charge < -0.3 is 10.6 Å². The molecule has 80 valence electrons. The van der Waals surface area contributed by atoms with E-state index >= 15 is 0 Å². The van der Waals surface area contributed by atoms with Crippen LogP contribution < -0.4 is 5.73 Å². The zero-order valence-corrected chi connectivity index (χ0v) is 9.81. The van der Waals surface area contributed by atoms with Crippen LogP contribution in [0, 0.1) is 0 Å². The first-order chi connectivity index (χ1) is 6.67. The molecule has 2 unspecified atom stereocenters. The van der Waals surface area contributed by atoms with Crippen LogP contribution in [0.5, 0.6) is 0 Å². The predicted molar refractivity (Wildman–Crippen MR) is 62.8 cm³/mol. The molecular formula is C10H19N3S. The Bertz CT molecular complexity index is 246. The third-order valence-electron chi connectivity index (χ3n) is 3.39. The number of likely N-dealkylation sites (N-methyl/N-ethyl adjacent to an activating group) is 1. The van der Waals surface area contributed by atoms with Gasteiger partial charge in [0.25, 0.3) is 0 Å². The normalized spacial score (nSPS) is 37.7. The highest BCUT2D eigenvalue weighted by molar-refractivity contribution is 8.00. The second kappa shape index (κ2) is 3.65. The molecule has 2 aliphatic heterocycles. The monoisotopic (exact) mass is 213 g/mol. The van der Waals surface area contributed by atoms with Crippen molar-refractivity contribution >= 4 is 17.7 Å². The minimum atomic E-state index is 0.376. The van der Waals surface area contributed by atoms with E-state index in [1.165, 1.54) is 18.6 Å². The Labute approximate surface area is 90.1 Å². The van der Waals surface area contributed by atoms with E-state index in [1.807, 2.05) is 0 Å². The van der Waals surface area contributed by atoms with Gasteiger partial charge in [-0.05, 0) is 32.4 Å². The Hall–Kier alpha value is -0.380. The van der Waals surface area contributed by atoms with E-state index in [4.69, 9.17) is 5.73 Å². The number of guanidine groups is 1. The molecule has 0 bridgehead atoms. The fourth-order valence-corrected chi connectivity index (χ4v) is 3.94. The van der Waals surface area contributed by atoms with Crippen molar-refractivity contribution < 1.29 is 0 Å². The lowest BCUT2D eigenvalue weighted by molar-refractivity contribution is 0.291. The molecule has 14 heavy (non-hydrogen) atoms. The zero-order valence-electron chi connectivity index (χ0n) is 8.99. The minimum absolute atomic E-state index is 0.376. The summed E-state index contributed by atoms with van der Waals surface area (Å²) < 4.78 is 0.376. The first-order valence-electron chi connectivity index (χ1n) is 5.38. The van der Waals surface area contributed by atoms with Gasteiger partial charge in [0.15, 0.2) is 5.96 Å². The van der Waals surface area contributed by atoms with Gasteiger partial charge in [-0.2, -0.15) is 11.8 Å². The summed E-state index contributed by atoms with van der Waals surface area (Å²) in [5, 5.41) is 0. The Kier molecular flexibility index (Phi) is 2.64. The van der Waals surface area contributed by atoms with Crippen molar-refractivity contribution in [2.45, 2.75) is 37.5 Å². The van der Waals surface area contributed by atoms with Crippen LogP contribution in [0.2, 0.25) is 0 Å². The van der Waals surface area contributed by atoms with Crippen LogP contribution in [-0.4, -0.2) is 40.5 Å². The van der Waals surface area contributed by atoms with E-state index in [0.29, 0.717) is 10.8 Å². The van der Waals surface area contributed by atoms with Gasteiger partial charge in [0, 0.05) is 11.3 Å². The van der Waals surface area contributed by atoms with Crippen molar-refractivity contribution in [3.8, 4) is 0 Å². The molecule has 0 spiro atoms. The fourth-order valence-electron chi connectivity index (χ4n) is 2.50. The van der Waals surface area contributed by atoms with E-state index in [9.17, 15) is 0 Å². The van der Waals surface area contributed by atoms with Crippen LogP contribution >= 0.6 is 11.8 Å². The second-order valence-electron chi connectivity index (χ2n) is 4.27. The van der Waals surface area contributed by atoms with Crippen LogP contribution in [0.3, 0.4) is 0 Å². The van der Waals surface area contributed by atoms with E-state index in [2.05, 4.69) is 35.5 Å². The first kappa shape index (κ1) is 10.1. The smallest absolute Gasteiger partial charge is 0.191 e. The molecule has 0 amide bonds. The number of nitrogens with zero attached hydrogens (tertiary/aromatic N) is 2. The average molecular weight is 213 g/mol. The molecule has 0 radical (unpaired) electrons. The highest BCUT2D eigenvalue weighted by Crippen LogP contribution is 2.43. The van der Waals surface area contributed by atoms with Crippen molar-refractivity contribution in [3.05, 3.63) is 0 Å². The van der Waals surface area contributed by atoms with E-state index < -0.39 is 0 Å². The molecule has 2 heterocycles. The van der Waals surface area contributed by atoms with Gasteiger partial charge in [-0.1, -0.05) is 0 Å². The number of hydrogen-bond acceptors (Lipinski definition) is 4.